The van der Waals surface area contributed by atoms with Crippen LogP contribution in [0.5, 0.6) is 5.75 Å². The summed E-state index contributed by atoms with van der Waals surface area (Å²) in [6.07, 6.45) is 0.844. The summed E-state index contributed by atoms with van der Waals surface area (Å²) in [7, 11) is 0. The molecule has 2 rings (SSSR count). The molecular weight excluding hydrogens is 350 g/mol. The zero-order chi connectivity index (χ0) is 14.7. The van der Waals surface area contributed by atoms with Crippen molar-refractivity contribution in [3.8, 4) is 5.75 Å². The fourth-order valence-electron chi connectivity index (χ4n) is 2.76. The standard InChI is InChI=1S/C15H22ClFN2O.2ClH/c1-10(2)9-13(19-7-5-18-6-8-19)14-11(16)3-4-12(17)15(14)20;;/h3-4,10,13,18,20H,5-9H2,1-2H3;2*1H/t13-;;/m0../s1. The Bertz CT molecular complexity index is 468. The molecular formula is C15H24Cl3FN2O. The minimum absolute atomic E-state index is 0. The van der Waals surface area contributed by atoms with E-state index in [9.17, 15) is 9.50 Å². The van der Waals surface area contributed by atoms with Gasteiger partial charge in [0.05, 0.1) is 0 Å². The van der Waals surface area contributed by atoms with E-state index >= 15 is 0 Å². The van der Waals surface area contributed by atoms with E-state index in [0.29, 0.717) is 16.5 Å². The summed E-state index contributed by atoms with van der Waals surface area (Å²) >= 11 is 6.23. The van der Waals surface area contributed by atoms with E-state index in [1.807, 2.05) is 0 Å². The summed E-state index contributed by atoms with van der Waals surface area (Å²) < 4.78 is 13.7. The largest absolute Gasteiger partial charge is 0.505 e. The number of phenols is 1. The summed E-state index contributed by atoms with van der Waals surface area (Å²) in [5, 5.41) is 13.8. The summed E-state index contributed by atoms with van der Waals surface area (Å²) in [4.78, 5) is 2.27. The van der Waals surface area contributed by atoms with Gasteiger partial charge in [0.2, 0.25) is 0 Å². The van der Waals surface area contributed by atoms with Crippen LogP contribution in [0.15, 0.2) is 12.1 Å². The van der Waals surface area contributed by atoms with Crippen molar-refractivity contribution in [2.45, 2.75) is 26.3 Å². The van der Waals surface area contributed by atoms with Crippen LogP contribution in [0, 0.1) is 11.7 Å². The van der Waals surface area contributed by atoms with Crippen LogP contribution in [-0.4, -0.2) is 36.2 Å². The molecule has 1 atom stereocenters. The van der Waals surface area contributed by atoms with Crippen LogP contribution in [0.2, 0.25) is 5.02 Å². The molecule has 1 aromatic carbocycles. The van der Waals surface area contributed by atoms with Crippen molar-refractivity contribution in [1.29, 1.82) is 0 Å². The van der Waals surface area contributed by atoms with E-state index in [1.54, 1.807) is 0 Å². The minimum Gasteiger partial charge on any atom is -0.505 e. The number of piperazine rings is 1. The van der Waals surface area contributed by atoms with Crippen molar-refractivity contribution in [2.75, 3.05) is 26.2 Å². The molecule has 1 saturated heterocycles. The minimum atomic E-state index is -0.603. The molecule has 3 nitrogen and oxygen atoms in total. The molecule has 0 radical (unpaired) electrons. The maximum Gasteiger partial charge on any atom is 0.165 e. The van der Waals surface area contributed by atoms with Gasteiger partial charge in [0.1, 0.15) is 0 Å². The lowest BCUT2D eigenvalue weighted by molar-refractivity contribution is 0.151. The monoisotopic (exact) mass is 372 g/mol. The summed E-state index contributed by atoms with van der Waals surface area (Å²) in [6, 6.07) is 2.70. The highest BCUT2D eigenvalue weighted by atomic mass is 35.5. The van der Waals surface area contributed by atoms with Gasteiger partial charge in [0.15, 0.2) is 11.6 Å². The first kappa shape index (κ1) is 21.7. The van der Waals surface area contributed by atoms with Crippen LogP contribution in [0.25, 0.3) is 0 Å². The second-order valence-corrected chi connectivity index (χ2v) is 6.13. The van der Waals surface area contributed by atoms with E-state index in [1.165, 1.54) is 12.1 Å². The van der Waals surface area contributed by atoms with Gasteiger partial charge in [0.25, 0.3) is 0 Å². The SMILES string of the molecule is CC(C)C[C@@H](c1c(Cl)ccc(F)c1O)N1CCNCC1.Cl.Cl. The van der Waals surface area contributed by atoms with Crippen LogP contribution in [0.1, 0.15) is 31.9 Å². The van der Waals surface area contributed by atoms with E-state index in [4.69, 9.17) is 11.6 Å². The van der Waals surface area contributed by atoms with Gasteiger partial charge < -0.3 is 10.4 Å². The van der Waals surface area contributed by atoms with Crippen molar-refractivity contribution in [3.63, 3.8) is 0 Å². The Morgan fingerprint density at radius 1 is 1.27 bits per heavy atom. The first-order chi connectivity index (χ1) is 9.50. The number of phenolic OH excluding ortho intramolecular Hbond substituents is 1. The molecule has 0 bridgehead atoms. The maximum absolute atomic E-state index is 13.7. The number of nitrogens with one attached hydrogen (secondary N) is 1. The fraction of sp³-hybridized carbons (Fsp3) is 0.600. The molecule has 0 aromatic heterocycles. The molecule has 1 aliphatic rings. The van der Waals surface area contributed by atoms with E-state index in [0.717, 1.165) is 32.6 Å². The maximum atomic E-state index is 13.7. The number of halogens is 4. The highest BCUT2D eigenvalue weighted by Gasteiger charge is 2.28. The lowest BCUT2D eigenvalue weighted by Crippen LogP contribution is -2.45. The number of rotatable bonds is 4. The number of nitrogens with zero attached hydrogens (tertiary/aromatic N) is 1. The van der Waals surface area contributed by atoms with Crippen LogP contribution in [0.3, 0.4) is 0 Å². The Labute approximate surface area is 149 Å². The molecule has 0 unspecified atom stereocenters. The van der Waals surface area contributed by atoms with Crippen molar-refractivity contribution in [1.82, 2.24) is 10.2 Å². The summed E-state index contributed by atoms with van der Waals surface area (Å²) in [5.74, 6) is -0.469. The lowest BCUT2D eigenvalue weighted by atomic mass is 9.94. The average Bonchev–Trinajstić information content (AvgIpc) is 2.43. The molecule has 0 aliphatic carbocycles. The van der Waals surface area contributed by atoms with Gasteiger partial charge >= 0.3 is 0 Å². The van der Waals surface area contributed by atoms with Crippen molar-refractivity contribution in [3.05, 3.63) is 28.5 Å². The molecule has 1 aromatic rings. The van der Waals surface area contributed by atoms with Crippen molar-refractivity contribution >= 4 is 36.4 Å². The molecule has 7 heteroatoms. The molecule has 1 fully saturated rings. The van der Waals surface area contributed by atoms with Gasteiger partial charge in [0, 0.05) is 42.8 Å². The van der Waals surface area contributed by atoms with E-state index in [-0.39, 0.29) is 36.6 Å². The zero-order valence-electron chi connectivity index (χ0n) is 12.8. The number of hydrogen-bond acceptors (Lipinski definition) is 3. The van der Waals surface area contributed by atoms with Crippen LogP contribution < -0.4 is 5.32 Å². The Morgan fingerprint density at radius 2 is 1.86 bits per heavy atom. The van der Waals surface area contributed by atoms with Gasteiger partial charge in [-0.3, -0.25) is 4.90 Å². The molecule has 0 amide bonds. The van der Waals surface area contributed by atoms with Crippen LogP contribution in [0.4, 0.5) is 4.39 Å². The highest BCUT2D eigenvalue weighted by molar-refractivity contribution is 6.31. The third-order valence-corrected chi connectivity index (χ3v) is 4.06. The molecule has 0 spiro atoms. The van der Waals surface area contributed by atoms with Crippen LogP contribution in [-0.2, 0) is 0 Å². The molecule has 22 heavy (non-hydrogen) atoms. The Kier molecular flexibility index (Phi) is 9.67. The zero-order valence-corrected chi connectivity index (χ0v) is 15.2. The molecule has 128 valence electrons. The predicted molar refractivity (Wildman–Crippen MR) is 94.2 cm³/mol. The Balaban J connectivity index is 0.00000220. The smallest absolute Gasteiger partial charge is 0.165 e. The first-order valence-electron chi connectivity index (χ1n) is 7.12. The van der Waals surface area contributed by atoms with Gasteiger partial charge in [-0.2, -0.15) is 0 Å². The lowest BCUT2D eigenvalue weighted by Gasteiger charge is -2.36. The van der Waals surface area contributed by atoms with Crippen molar-refractivity contribution < 1.29 is 9.50 Å². The normalized spacial score (nSPS) is 16.8. The third kappa shape index (κ3) is 5.14. The highest BCUT2D eigenvalue weighted by Crippen LogP contribution is 2.39. The van der Waals surface area contributed by atoms with Gasteiger partial charge in [-0.05, 0) is 24.5 Å². The fourth-order valence-corrected chi connectivity index (χ4v) is 3.04. The first-order valence-corrected chi connectivity index (χ1v) is 7.50. The number of hydrogen-bond donors (Lipinski definition) is 2. The Hall–Kier alpha value is -0.260. The molecule has 2 N–H and O–H groups in total. The predicted octanol–water partition coefficient (Wildman–Crippen LogP) is 4.02. The van der Waals surface area contributed by atoms with Gasteiger partial charge in [-0.25, -0.2) is 4.39 Å². The van der Waals surface area contributed by atoms with E-state index < -0.39 is 5.82 Å². The summed E-state index contributed by atoms with van der Waals surface area (Å²) in [6.45, 7) is 7.82. The van der Waals surface area contributed by atoms with Crippen molar-refractivity contribution in [2.24, 2.45) is 5.92 Å². The second kappa shape index (κ2) is 9.78. The van der Waals surface area contributed by atoms with Gasteiger partial charge in [-0.15, -0.1) is 24.8 Å². The average molecular weight is 374 g/mol. The third-order valence-electron chi connectivity index (χ3n) is 3.73. The Morgan fingerprint density at radius 3 is 2.41 bits per heavy atom. The van der Waals surface area contributed by atoms with Gasteiger partial charge in [-0.1, -0.05) is 25.4 Å². The molecule has 1 heterocycles. The topological polar surface area (TPSA) is 35.5 Å². The molecule has 1 aliphatic heterocycles. The quantitative estimate of drug-likeness (QED) is 0.836. The molecule has 0 saturated carbocycles. The summed E-state index contributed by atoms with van der Waals surface area (Å²) in [5.41, 5.74) is 0.530. The number of aromatic hydroxyl groups is 1. The van der Waals surface area contributed by atoms with E-state index in [2.05, 4.69) is 24.1 Å². The van der Waals surface area contributed by atoms with Crippen LogP contribution >= 0.6 is 36.4 Å². The number of benzene rings is 1. The second-order valence-electron chi connectivity index (χ2n) is 5.72.